The van der Waals surface area contributed by atoms with E-state index >= 15 is 0 Å². The predicted octanol–water partition coefficient (Wildman–Crippen LogP) is 4.43. The van der Waals surface area contributed by atoms with Gasteiger partial charge in [-0.15, -0.1) is 0 Å². The molecule has 0 bridgehead atoms. The van der Waals surface area contributed by atoms with E-state index in [4.69, 9.17) is 14.6 Å². The molecule has 3 aromatic carbocycles. The molecule has 2 N–H and O–H groups in total. The Hall–Kier alpha value is -3.80. The summed E-state index contributed by atoms with van der Waals surface area (Å²) >= 11 is 0. The summed E-state index contributed by atoms with van der Waals surface area (Å²) in [5.74, 6) is -0.453. The van der Waals surface area contributed by atoms with Crippen LogP contribution in [0.5, 0.6) is 11.5 Å². The van der Waals surface area contributed by atoms with Crippen LogP contribution in [0.15, 0.2) is 78.9 Å². The largest absolute Gasteiger partial charge is 0.507 e. The van der Waals surface area contributed by atoms with E-state index in [-0.39, 0.29) is 19.0 Å². The number of esters is 1. The van der Waals surface area contributed by atoms with Crippen molar-refractivity contribution in [2.75, 3.05) is 13.2 Å². The lowest BCUT2D eigenvalue weighted by Gasteiger charge is -2.10. The summed E-state index contributed by atoms with van der Waals surface area (Å²) in [4.78, 5) is 21.4. The SMILES string of the molecule is C=C(C)C(=O)OCCOc1ccc(O)c2ccccc12.O=C(O)c1ccccc1. The molecule has 0 atom stereocenters. The Bertz CT molecular complexity index is 995. The van der Waals surface area contributed by atoms with Crippen LogP contribution in [0.2, 0.25) is 0 Å². The van der Waals surface area contributed by atoms with Gasteiger partial charge in [-0.2, -0.15) is 0 Å². The first-order valence-electron chi connectivity index (χ1n) is 8.84. The molecule has 150 valence electrons. The number of phenols is 1. The summed E-state index contributed by atoms with van der Waals surface area (Å²) in [6.07, 6.45) is 0. The monoisotopic (exact) mass is 394 g/mol. The minimum atomic E-state index is -0.879. The fourth-order valence-corrected chi connectivity index (χ4v) is 2.37. The Kier molecular flexibility index (Phi) is 7.79. The third kappa shape index (κ3) is 6.39. The number of carboxylic acid groups (broad SMARTS) is 1. The number of carbonyl (C=O) groups is 2. The van der Waals surface area contributed by atoms with Crippen LogP contribution in [0.4, 0.5) is 0 Å². The van der Waals surface area contributed by atoms with Gasteiger partial charge in [-0.25, -0.2) is 9.59 Å². The number of rotatable bonds is 6. The van der Waals surface area contributed by atoms with Crippen molar-refractivity contribution in [1.29, 1.82) is 0 Å². The second-order valence-electron chi connectivity index (χ2n) is 6.06. The number of hydrogen-bond donors (Lipinski definition) is 2. The summed E-state index contributed by atoms with van der Waals surface area (Å²) in [6.45, 7) is 5.49. The minimum Gasteiger partial charge on any atom is -0.507 e. The molecule has 0 aliphatic rings. The van der Waals surface area contributed by atoms with E-state index in [1.54, 1.807) is 49.4 Å². The van der Waals surface area contributed by atoms with Crippen LogP contribution in [0, 0.1) is 0 Å². The molecule has 0 radical (unpaired) electrons. The van der Waals surface area contributed by atoms with Gasteiger partial charge in [-0.05, 0) is 31.2 Å². The lowest BCUT2D eigenvalue weighted by atomic mass is 10.1. The second-order valence-corrected chi connectivity index (χ2v) is 6.06. The number of carboxylic acids is 1. The number of carbonyl (C=O) groups excluding carboxylic acids is 1. The Morgan fingerprint density at radius 1 is 0.897 bits per heavy atom. The van der Waals surface area contributed by atoms with Crippen molar-refractivity contribution in [2.24, 2.45) is 0 Å². The van der Waals surface area contributed by atoms with Crippen molar-refractivity contribution in [1.82, 2.24) is 0 Å². The van der Waals surface area contributed by atoms with Crippen LogP contribution in [-0.4, -0.2) is 35.4 Å². The van der Waals surface area contributed by atoms with E-state index in [1.807, 2.05) is 24.3 Å². The van der Waals surface area contributed by atoms with E-state index < -0.39 is 11.9 Å². The van der Waals surface area contributed by atoms with Gasteiger partial charge in [0.2, 0.25) is 0 Å². The van der Waals surface area contributed by atoms with Crippen molar-refractivity contribution in [2.45, 2.75) is 6.92 Å². The van der Waals surface area contributed by atoms with Gasteiger partial charge in [0.1, 0.15) is 24.7 Å². The Labute approximate surface area is 168 Å². The highest BCUT2D eigenvalue weighted by Gasteiger charge is 2.07. The molecule has 6 heteroatoms. The van der Waals surface area contributed by atoms with E-state index in [0.29, 0.717) is 16.9 Å². The number of benzene rings is 3. The van der Waals surface area contributed by atoms with Crippen molar-refractivity contribution in [3.05, 3.63) is 84.4 Å². The van der Waals surface area contributed by atoms with Crippen LogP contribution in [-0.2, 0) is 9.53 Å². The normalized spacial score (nSPS) is 9.83. The first-order valence-corrected chi connectivity index (χ1v) is 8.84. The summed E-state index contributed by atoms with van der Waals surface area (Å²) in [6, 6.07) is 19.0. The van der Waals surface area contributed by atoms with Crippen LogP contribution >= 0.6 is 0 Å². The van der Waals surface area contributed by atoms with Gasteiger partial charge in [0.05, 0.1) is 5.56 Å². The summed E-state index contributed by atoms with van der Waals surface area (Å²) < 4.78 is 10.5. The van der Waals surface area contributed by atoms with Crippen LogP contribution in [0.1, 0.15) is 17.3 Å². The van der Waals surface area contributed by atoms with E-state index in [9.17, 15) is 14.7 Å². The van der Waals surface area contributed by atoms with Gasteiger partial charge in [0.15, 0.2) is 0 Å². The molecule has 0 unspecified atom stereocenters. The number of ether oxygens (including phenoxy) is 2. The molecule has 0 aromatic heterocycles. The molecule has 0 aliphatic carbocycles. The first kappa shape index (κ1) is 21.5. The van der Waals surface area contributed by atoms with Crippen molar-refractivity contribution >= 4 is 22.7 Å². The third-order valence-electron chi connectivity index (χ3n) is 3.80. The van der Waals surface area contributed by atoms with Crippen LogP contribution in [0.3, 0.4) is 0 Å². The zero-order valence-electron chi connectivity index (χ0n) is 16.0. The molecular weight excluding hydrogens is 372 g/mol. The molecule has 3 rings (SSSR count). The molecule has 0 aliphatic heterocycles. The lowest BCUT2D eigenvalue weighted by Crippen LogP contribution is -2.12. The number of aromatic hydroxyl groups is 1. The quantitative estimate of drug-likeness (QED) is 0.365. The van der Waals surface area contributed by atoms with Gasteiger partial charge in [0, 0.05) is 16.3 Å². The molecular formula is C23H22O6. The average molecular weight is 394 g/mol. The lowest BCUT2D eigenvalue weighted by molar-refractivity contribution is -0.139. The van der Waals surface area contributed by atoms with E-state index in [0.717, 1.165) is 10.8 Å². The molecule has 6 nitrogen and oxygen atoms in total. The molecule has 3 aromatic rings. The van der Waals surface area contributed by atoms with Crippen molar-refractivity contribution < 1.29 is 29.3 Å². The molecule has 0 amide bonds. The summed E-state index contributed by atoms with van der Waals surface area (Å²) in [5, 5.41) is 19.7. The van der Waals surface area contributed by atoms with Crippen molar-refractivity contribution in [3.8, 4) is 11.5 Å². The molecule has 0 saturated heterocycles. The minimum absolute atomic E-state index is 0.154. The van der Waals surface area contributed by atoms with Crippen molar-refractivity contribution in [3.63, 3.8) is 0 Å². The fourth-order valence-electron chi connectivity index (χ4n) is 2.37. The predicted molar refractivity (Wildman–Crippen MR) is 110 cm³/mol. The highest BCUT2D eigenvalue weighted by atomic mass is 16.6. The summed E-state index contributed by atoms with van der Waals surface area (Å²) in [5.41, 5.74) is 0.692. The van der Waals surface area contributed by atoms with Gasteiger partial charge >= 0.3 is 11.9 Å². The second kappa shape index (κ2) is 10.5. The third-order valence-corrected chi connectivity index (χ3v) is 3.80. The maximum Gasteiger partial charge on any atom is 0.335 e. The zero-order valence-corrected chi connectivity index (χ0v) is 16.0. The molecule has 29 heavy (non-hydrogen) atoms. The Morgan fingerprint density at radius 3 is 2.10 bits per heavy atom. The highest BCUT2D eigenvalue weighted by Crippen LogP contribution is 2.32. The topological polar surface area (TPSA) is 93.1 Å². The molecule has 0 spiro atoms. The maximum atomic E-state index is 11.2. The highest BCUT2D eigenvalue weighted by molar-refractivity contribution is 5.93. The zero-order chi connectivity index (χ0) is 21.2. The smallest absolute Gasteiger partial charge is 0.335 e. The average Bonchev–Trinajstić information content (AvgIpc) is 2.73. The van der Waals surface area contributed by atoms with Gasteiger partial charge in [0.25, 0.3) is 0 Å². The molecule has 0 fully saturated rings. The first-order chi connectivity index (χ1) is 13.9. The standard InChI is InChI=1S/C16H16O4.C7H6O2/c1-11(2)16(18)20-10-9-19-15-8-7-14(17)12-5-3-4-6-13(12)15;8-7(9)6-4-2-1-3-5-6/h3-8,17H,1,9-10H2,2H3;1-5H,(H,8,9). The van der Waals surface area contributed by atoms with Gasteiger partial charge < -0.3 is 19.7 Å². The Morgan fingerprint density at radius 2 is 1.52 bits per heavy atom. The number of phenolic OH excluding ortho intramolecular Hbond substituents is 1. The summed E-state index contributed by atoms with van der Waals surface area (Å²) in [7, 11) is 0. The number of aromatic carboxylic acids is 1. The Balaban J connectivity index is 0.000000278. The molecule has 0 saturated carbocycles. The van der Waals surface area contributed by atoms with Gasteiger partial charge in [-0.3, -0.25) is 0 Å². The molecule has 0 heterocycles. The number of fused-ring (bicyclic) bond motifs is 1. The van der Waals surface area contributed by atoms with Crippen LogP contribution in [0.25, 0.3) is 10.8 Å². The van der Waals surface area contributed by atoms with Crippen LogP contribution < -0.4 is 4.74 Å². The van der Waals surface area contributed by atoms with E-state index in [1.165, 1.54) is 0 Å². The maximum absolute atomic E-state index is 11.2. The van der Waals surface area contributed by atoms with Gasteiger partial charge in [-0.1, -0.05) is 49.0 Å². The van der Waals surface area contributed by atoms with E-state index in [2.05, 4.69) is 6.58 Å². The number of hydrogen-bond acceptors (Lipinski definition) is 5. The fraction of sp³-hybridized carbons (Fsp3) is 0.130.